The Labute approximate surface area is 263 Å². The van der Waals surface area contributed by atoms with E-state index >= 15 is 0 Å². The summed E-state index contributed by atoms with van der Waals surface area (Å²) in [7, 11) is 2.16. The number of carbonyl (C=O) groups is 1. The summed E-state index contributed by atoms with van der Waals surface area (Å²) in [6.45, 7) is 11.3. The number of fused-ring (bicyclic) bond motifs is 1. The Morgan fingerprint density at radius 2 is 1.80 bits per heavy atom. The number of aryl methyl sites for hydroxylation is 2. The van der Waals surface area contributed by atoms with Crippen molar-refractivity contribution in [2.75, 3.05) is 56.5 Å². The van der Waals surface area contributed by atoms with Crippen LogP contribution >= 0.6 is 11.6 Å². The Hall–Kier alpha value is -3.95. The third-order valence-electron chi connectivity index (χ3n) is 9.06. The Morgan fingerprint density at radius 3 is 2.50 bits per heavy atom. The number of likely N-dealkylation sites (tertiary alicyclic amines) is 1. The lowest BCUT2D eigenvalue weighted by Gasteiger charge is -2.35. The van der Waals surface area contributed by atoms with E-state index in [2.05, 4.69) is 47.3 Å². The first-order valence-corrected chi connectivity index (χ1v) is 15.9. The van der Waals surface area contributed by atoms with Crippen LogP contribution in [0.25, 0.3) is 22.2 Å². The second kappa shape index (κ2) is 12.6. The van der Waals surface area contributed by atoms with E-state index in [4.69, 9.17) is 21.6 Å². The van der Waals surface area contributed by atoms with Gasteiger partial charge in [-0.05, 0) is 80.8 Å². The van der Waals surface area contributed by atoms with E-state index in [1.165, 1.54) is 11.3 Å². The average molecular weight is 614 g/mol. The fraction of sp³-hybridized carbons (Fsp3) is 0.412. The number of benzene rings is 2. The largest absolute Gasteiger partial charge is 0.369 e. The minimum absolute atomic E-state index is 0.101. The molecule has 0 spiro atoms. The lowest BCUT2D eigenvalue weighted by atomic mass is 9.98. The van der Waals surface area contributed by atoms with E-state index in [0.29, 0.717) is 41.7 Å². The maximum absolute atomic E-state index is 14.4. The van der Waals surface area contributed by atoms with Gasteiger partial charge in [0.25, 0.3) is 5.56 Å². The lowest BCUT2D eigenvalue weighted by molar-refractivity contribution is -0.132. The molecular weight excluding hydrogens is 574 g/mol. The molecule has 44 heavy (non-hydrogen) atoms. The first-order valence-electron chi connectivity index (χ1n) is 15.5. The number of hydrogen-bond donors (Lipinski definition) is 1. The summed E-state index contributed by atoms with van der Waals surface area (Å²) in [5.74, 6) is 0.526. The van der Waals surface area contributed by atoms with E-state index < -0.39 is 0 Å². The molecule has 0 aliphatic carbocycles. The highest BCUT2D eigenvalue weighted by molar-refractivity contribution is 6.30. The van der Waals surface area contributed by atoms with E-state index in [1.807, 2.05) is 30.9 Å². The van der Waals surface area contributed by atoms with Gasteiger partial charge in [-0.1, -0.05) is 30.7 Å². The molecule has 2 saturated heterocycles. The van der Waals surface area contributed by atoms with Crippen molar-refractivity contribution in [1.82, 2.24) is 24.3 Å². The second-order valence-corrected chi connectivity index (χ2v) is 12.5. The normalized spacial score (nSPS) is 17.7. The summed E-state index contributed by atoms with van der Waals surface area (Å²) in [6, 6.07) is 13.5. The van der Waals surface area contributed by atoms with Crippen molar-refractivity contribution in [3.8, 4) is 11.1 Å². The van der Waals surface area contributed by atoms with Gasteiger partial charge in [-0.3, -0.25) is 14.2 Å². The second-order valence-electron chi connectivity index (χ2n) is 12.0. The van der Waals surface area contributed by atoms with Crippen LogP contribution in [0.15, 0.2) is 53.5 Å². The Kier molecular flexibility index (Phi) is 8.60. The highest BCUT2D eigenvalue weighted by Gasteiger charge is 2.28. The molecule has 0 unspecified atom stereocenters. The van der Waals surface area contributed by atoms with Crippen molar-refractivity contribution in [3.05, 3.63) is 75.2 Å². The fourth-order valence-electron chi connectivity index (χ4n) is 6.57. The number of carbonyl (C=O) groups excluding carboxylic acids is 1. The molecule has 4 heterocycles. The SMILES string of the molecule is CCC(=O)N1CCC[C@H](n2c(=O)c(-c3ccc(Cl)cc3)c(C)c3cnc(Nc4ccc(N5CCN(C)CC5)c(C)c4)nc32)C1. The third-order valence-corrected chi connectivity index (χ3v) is 9.31. The van der Waals surface area contributed by atoms with Crippen LogP contribution in [0.3, 0.4) is 0 Å². The summed E-state index contributed by atoms with van der Waals surface area (Å²) < 4.78 is 1.80. The number of aromatic nitrogens is 3. The number of piperidine rings is 1. The summed E-state index contributed by atoms with van der Waals surface area (Å²) >= 11 is 6.18. The van der Waals surface area contributed by atoms with Crippen molar-refractivity contribution >= 4 is 45.9 Å². The number of pyridine rings is 1. The minimum Gasteiger partial charge on any atom is -0.369 e. The van der Waals surface area contributed by atoms with Crippen LogP contribution in [0.5, 0.6) is 0 Å². The van der Waals surface area contributed by atoms with Crippen molar-refractivity contribution in [2.45, 2.75) is 46.1 Å². The molecule has 9 nitrogen and oxygen atoms in total. The molecule has 2 aliphatic heterocycles. The van der Waals surface area contributed by atoms with Gasteiger partial charge in [0.1, 0.15) is 5.65 Å². The topological polar surface area (TPSA) is 86.6 Å². The van der Waals surface area contributed by atoms with Crippen LogP contribution in [-0.4, -0.2) is 76.6 Å². The molecule has 0 radical (unpaired) electrons. The summed E-state index contributed by atoms with van der Waals surface area (Å²) in [5, 5.41) is 4.80. The summed E-state index contributed by atoms with van der Waals surface area (Å²) in [4.78, 5) is 43.4. The monoisotopic (exact) mass is 613 g/mol. The lowest BCUT2D eigenvalue weighted by Crippen LogP contribution is -2.44. The molecule has 230 valence electrons. The molecule has 2 fully saturated rings. The zero-order valence-corrected chi connectivity index (χ0v) is 26.7. The molecule has 6 rings (SSSR count). The molecule has 0 bridgehead atoms. The molecule has 1 N–H and O–H groups in total. The molecule has 0 saturated carbocycles. The van der Waals surface area contributed by atoms with Gasteiger partial charge in [0.2, 0.25) is 11.9 Å². The van der Waals surface area contributed by atoms with E-state index in [1.54, 1.807) is 22.9 Å². The molecule has 10 heteroatoms. The summed E-state index contributed by atoms with van der Waals surface area (Å²) in [5.41, 5.74) is 5.99. The maximum atomic E-state index is 14.4. The average Bonchev–Trinajstić information content (AvgIpc) is 3.02. The van der Waals surface area contributed by atoms with Crippen LogP contribution in [0, 0.1) is 13.8 Å². The van der Waals surface area contributed by atoms with Gasteiger partial charge < -0.3 is 20.0 Å². The Balaban J connectivity index is 1.41. The zero-order valence-electron chi connectivity index (χ0n) is 25.9. The number of piperazine rings is 1. The van der Waals surface area contributed by atoms with Crippen molar-refractivity contribution in [2.24, 2.45) is 0 Å². The molecule has 1 amide bonds. The van der Waals surface area contributed by atoms with E-state index in [9.17, 15) is 9.59 Å². The van der Waals surface area contributed by atoms with Crippen molar-refractivity contribution < 1.29 is 4.79 Å². The van der Waals surface area contributed by atoms with Crippen LogP contribution in [0.1, 0.15) is 43.4 Å². The first kappa shape index (κ1) is 30.1. The number of amides is 1. The highest BCUT2D eigenvalue weighted by Crippen LogP contribution is 2.32. The predicted molar refractivity (Wildman–Crippen MR) is 178 cm³/mol. The fourth-order valence-corrected chi connectivity index (χ4v) is 6.69. The maximum Gasteiger partial charge on any atom is 0.260 e. The van der Waals surface area contributed by atoms with Gasteiger partial charge in [0.15, 0.2) is 0 Å². The smallest absolute Gasteiger partial charge is 0.260 e. The van der Waals surface area contributed by atoms with Crippen LogP contribution in [-0.2, 0) is 4.79 Å². The van der Waals surface area contributed by atoms with Gasteiger partial charge in [0, 0.05) is 73.7 Å². The Bertz CT molecular complexity index is 1750. The number of likely N-dealkylation sites (N-methyl/N-ethyl adjacent to an activating group) is 1. The van der Waals surface area contributed by atoms with Crippen LogP contribution in [0.4, 0.5) is 17.3 Å². The molecular formula is C34H40ClN7O2. The number of hydrogen-bond acceptors (Lipinski definition) is 7. The van der Waals surface area contributed by atoms with Gasteiger partial charge >= 0.3 is 0 Å². The predicted octanol–water partition coefficient (Wildman–Crippen LogP) is 5.80. The number of halogens is 1. The van der Waals surface area contributed by atoms with Crippen molar-refractivity contribution in [3.63, 3.8) is 0 Å². The first-order chi connectivity index (χ1) is 21.2. The van der Waals surface area contributed by atoms with E-state index in [0.717, 1.165) is 61.2 Å². The third kappa shape index (κ3) is 5.90. The minimum atomic E-state index is -0.200. The molecule has 1 atom stereocenters. The van der Waals surface area contributed by atoms with Gasteiger partial charge in [-0.2, -0.15) is 4.98 Å². The number of rotatable bonds is 6. The van der Waals surface area contributed by atoms with Crippen LogP contribution < -0.4 is 15.8 Å². The van der Waals surface area contributed by atoms with Crippen molar-refractivity contribution in [1.29, 1.82) is 0 Å². The number of nitrogens with zero attached hydrogens (tertiary/aromatic N) is 6. The molecule has 2 aliphatic rings. The molecule has 2 aromatic heterocycles. The van der Waals surface area contributed by atoms with Gasteiger partial charge in [-0.15, -0.1) is 0 Å². The van der Waals surface area contributed by atoms with E-state index in [-0.39, 0.29) is 17.5 Å². The molecule has 4 aromatic rings. The summed E-state index contributed by atoms with van der Waals surface area (Å²) in [6.07, 6.45) is 3.85. The van der Waals surface area contributed by atoms with Gasteiger partial charge in [0.05, 0.1) is 11.6 Å². The highest BCUT2D eigenvalue weighted by atomic mass is 35.5. The number of nitrogens with one attached hydrogen (secondary N) is 1. The zero-order chi connectivity index (χ0) is 31.0. The quantitative estimate of drug-likeness (QED) is 0.294. The van der Waals surface area contributed by atoms with Crippen LogP contribution in [0.2, 0.25) is 5.02 Å². The van der Waals surface area contributed by atoms with Gasteiger partial charge in [-0.25, -0.2) is 4.98 Å². The number of anilines is 3. The Morgan fingerprint density at radius 1 is 1.05 bits per heavy atom. The standard InChI is InChI=1S/C34H40ClN7O2/c1-5-30(43)41-14-6-7-27(21-41)42-32-28(23(3)31(33(42)44)24-8-10-25(35)11-9-24)20-36-34(38-32)37-26-12-13-29(22(2)19-26)40-17-15-39(4)16-18-40/h8-13,19-20,27H,5-7,14-18,21H2,1-4H3,(H,36,37,38)/t27-/m0/s1. The molecule has 2 aromatic carbocycles.